The first-order chi connectivity index (χ1) is 1.41. The average Bonchev–Trinajstić information content (AvgIpc) is 0.918. The van der Waals surface area contributed by atoms with Crippen LogP contribution >= 0.6 is 19.6 Å². The Labute approximate surface area is 56.3 Å². The minimum atomic E-state index is -0.363. The standard InChI is InChI=1S/Ag.Mo.2S. The molecule has 0 aliphatic heterocycles. The quantitative estimate of drug-likeness (QED) is 0.607. The molecule has 29 valence electrons. The van der Waals surface area contributed by atoms with Crippen LogP contribution in [-0.4, -0.2) is 0 Å². The Hall–Kier alpha value is 1.87. The number of rotatable bonds is 0. The van der Waals surface area contributed by atoms with E-state index in [1.165, 1.54) is 0 Å². The third-order valence-electron chi connectivity index (χ3n) is 0. The predicted molar refractivity (Wildman–Crippen MR) is 15.2 cm³/mol. The van der Waals surface area contributed by atoms with Crippen LogP contribution in [0.1, 0.15) is 0 Å². The molecular weight excluding hydrogens is 268 g/mol. The molecule has 0 amide bonds. The molecule has 0 aliphatic rings. The topological polar surface area (TPSA) is 0 Å². The normalized spacial score (nSPS) is 3.00. The van der Waals surface area contributed by atoms with Gasteiger partial charge in [-0.2, -0.15) is 0 Å². The Morgan fingerprint density at radius 1 is 1.25 bits per heavy atom. The van der Waals surface area contributed by atoms with E-state index in [1.54, 1.807) is 0 Å². The van der Waals surface area contributed by atoms with Crippen molar-refractivity contribution < 1.29 is 37.3 Å². The molecule has 0 aromatic heterocycles. The SMILES string of the molecule is [Ag].[S]=[Mo]=[S]. The Kier molecular flexibility index (Phi) is 20.6. The van der Waals surface area contributed by atoms with E-state index >= 15 is 0 Å². The zero-order valence-electron chi connectivity index (χ0n) is 1.53. The zero-order valence-corrected chi connectivity index (χ0v) is 6.65. The van der Waals surface area contributed by atoms with Gasteiger partial charge in [-0.3, -0.25) is 0 Å². The van der Waals surface area contributed by atoms with Crippen LogP contribution in [0.5, 0.6) is 0 Å². The zero-order chi connectivity index (χ0) is 2.71. The average molecular weight is 268 g/mol. The molecule has 4 heavy (non-hydrogen) atoms. The molecule has 0 aromatic rings. The first-order valence-electron chi connectivity index (χ1n) is 0.333. The van der Waals surface area contributed by atoms with Crippen molar-refractivity contribution in [3.63, 3.8) is 0 Å². The van der Waals surface area contributed by atoms with Crippen molar-refractivity contribution in [1.82, 2.24) is 0 Å². The van der Waals surface area contributed by atoms with E-state index in [9.17, 15) is 0 Å². The molecule has 0 unspecified atom stereocenters. The van der Waals surface area contributed by atoms with Crippen LogP contribution < -0.4 is 0 Å². The summed E-state index contributed by atoms with van der Waals surface area (Å²) < 4.78 is 0. The molecule has 0 bridgehead atoms. The van der Waals surface area contributed by atoms with Crippen molar-refractivity contribution in [3.05, 3.63) is 0 Å². The summed E-state index contributed by atoms with van der Waals surface area (Å²) in [4.78, 5) is 0. The second kappa shape index (κ2) is 8.85. The van der Waals surface area contributed by atoms with Crippen molar-refractivity contribution in [3.8, 4) is 0 Å². The van der Waals surface area contributed by atoms with Gasteiger partial charge in [0.15, 0.2) is 0 Å². The summed E-state index contributed by atoms with van der Waals surface area (Å²) in [7, 11) is 8.68. The Morgan fingerprint density at radius 2 is 1.25 bits per heavy atom. The van der Waals surface area contributed by atoms with E-state index in [1.807, 2.05) is 0 Å². The molecule has 0 rings (SSSR count). The van der Waals surface area contributed by atoms with Crippen molar-refractivity contribution in [2.45, 2.75) is 0 Å². The van der Waals surface area contributed by atoms with E-state index in [2.05, 4.69) is 19.6 Å². The van der Waals surface area contributed by atoms with Gasteiger partial charge in [0.05, 0.1) is 0 Å². The van der Waals surface area contributed by atoms with Crippen LogP contribution in [0, 0.1) is 0 Å². The summed E-state index contributed by atoms with van der Waals surface area (Å²) in [5.41, 5.74) is 0. The van der Waals surface area contributed by atoms with Crippen LogP contribution in [0.15, 0.2) is 0 Å². The third-order valence-corrected chi connectivity index (χ3v) is 0. The predicted octanol–water partition coefficient (Wildman–Crippen LogP) is 1.29. The van der Waals surface area contributed by atoms with Gasteiger partial charge in [-0.25, -0.2) is 0 Å². The van der Waals surface area contributed by atoms with Gasteiger partial charge < -0.3 is 0 Å². The van der Waals surface area contributed by atoms with Crippen LogP contribution in [0.3, 0.4) is 0 Å². The van der Waals surface area contributed by atoms with E-state index in [0.29, 0.717) is 0 Å². The number of hydrogen-bond donors (Lipinski definition) is 0. The van der Waals surface area contributed by atoms with Gasteiger partial charge in [0.1, 0.15) is 0 Å². The fraction of sp³-hybridized carbons (Fsp3) is 0. The van der Waals surface area contributed by atoms with E-state index in [4.69, 9.17) is 0 Å². The van der Waals surface area contributed by atoms with E-state index < -0.39 is 0 Å². The maximum absolute atomic E-state index is 4.34. The van der Waals surface area contributed by atoms with Crippen molar-refractivity contribution in [1.29, 1.82) is 0 Å². The summed E-state index contributed by atoms with van der Waals surface area (Å²) in [6.45, 7) is 0. The first-order valence-corrected chi connectivity index (χ1v) is 5.92. The molecular formula is AgMoS2. The van der Waals surface area contributed by atoms with Crippen molar-refractivity contribution in [2.24, 2.45) is 0 Å². The summed E-state index contributed by atoms with van der Waals surface area (Å²) in [5, 5.41) is 0. The molecule has 0 atom stereocenters. The fourth-order valence-electron chi connectivity index (χ4n) is 0. The molecule has 0 spiro atoms. The summed E-state index contributed by atoms with van der Waals surface area (Å²) in [6, 6.07) is 0. The molecule has 0 aliphatic carbocycles. The van der Waals surface area contributed by atoms with Gasteiger partial charge in [-0.05, 0) is 0 Å². The van der Waals surface area contributed by atoms with Crippen LogP contribution in [0.4, 0.5) is 0 Å². The maximum atomic E-state index is 4.34. The van der Waals surface area contributed by atoms with Gasteiger partial charge in [0.25, 0.3) is 0 Å². The molecule has 0 N–H and O–H groups in total. The van der Waals surface area contributed by atoms with Gasteiger partial charge in [0.2, 0.25) is 0 Å². The summed E-state index contributed by atoms with van der Waals surface area (Å²) >= 11 is -0.363. The Balaban J connectivity index is 0. The molecule has 0 saturated heterocycles. The summed E-state index contributed by atoms with van der Waals surface area (Å²) in [5.74, 6) is 0. The van der Waals surface area contributed by atoms with Crippen molar-refractivity contribution in [2.75, 3.05) is 0 Å². The van der Waals surface area contributed by atoms with E-state index in [0.717, 1.165) is 0 Å². The van der Waals surface area contributed by atoms with Crippen LogP contribution in [-0.2, 0) is 37.3 Å². The van der Waals surface area contributed by atoms with Gasteiger partial charge in [-0.1, -0.05) is 0 Å². The minimum absolute atomic E-state index is 0. The molecule has 0 aromatic carbocycles. The molecule has 0 nitrogen and oxygen atoms in total. The van der Waals surface area contributed by atoms with Gasteiger partial charge in [0, 0.05) is 22.4 Å². The Bertz CT molecular complexity index is 27.0. The molecule has 0 saturated carbocycles. The monoisotopic (exact) mass is 269 g/mol. The second-order valence-electron chi connectivity index (χ2n) is 0.0680. The fourth-order valence-corrected chi connectivity index (χ4v) is 0. The molecule has 0 fully saturated rings. The molecule has 1 radical (unpaired) electrons. The van der Waals surface area contributed by atoms with Gasteiger partial charge in [-0.15, -0.1) is 0 Å². The van der Waals surface area contributed by atoms with Crippen molar-refractivity contribution >= 4 is 19.6 Å². The summed E-state index contributed by atoms with van der Waals surface area (Å²) in [6.07, 6.45) is 0. The van der Waals surface area contributed by atoms with Crippen LogP contribution in [0.2, 0.25) is 0 Å². The Morgan fingerprint density at radius 3 is 1.25 bits per heavy atom. The first kappa shape index (κ1) is 9.29. The molecule has 0 heterocycles. The van der Waals surface area contributed by atoms with Gasteiger partial charge >= 0.3 is 34.6 Å². The van der Waals surface area contributed by atoms with Crippen LogP contribution in [0.25, 0.3) is 0 Å². The van der Waals surface area contributed by atoms with E-state index in [-0.39, 0.29) is 37.3 Å². The molecule has 4 heteroatoms. The number of hydrogen-bond acceptors (Lipinski definition) is 2. The third kappa shape index (κ3) is 9.12. The second-order valence-corrected chi connectivity index (χ2v) is 3.62.